The maximum Gasteiger partial charge on any atom is 0.336 e. The van der Waals surface area contributed by atoms with Crippen LogP contribution in [0.5, 0.6) is 5.75 Å². The van der Waals surface area contributed by atoms with Crippen molar-refractivity contribution in [2.75, 3.05) is 39.9 Å². The molecule has 1 aromatic heterocycles. The number of aryl methyl sites for hydroxylation is 1. The summed E-state index contributed by atoms with van der Waals surface area (Å²) in [6.45, 7) is 7.56. The Bertz CT molecular complexity index is 1040. The number of aromatic hydroxyl groups is 1. The van der Waals surface area contributed by atoms with E-state index in [0.29, 0.717) is 41.3 Å². The van der Waals surface area contributed by atoms with E-state index >= 15 is 0 Å². The molecule has 2 fully saturated rings. The number of fused-ring (bicyclic) bond motifs is 2. The van der Waals surface area contributed by atoms with Gasteiger partial charge in [-0.05, 0) is 75.6 Å². The van der Waals surface area contributed by atoms with E-state index in [0.717, 1.165) is 49.7 Å². The zero-order valence-electron chi connectivity index (χ0n) is 21.4. The van der Waals surface area contributed by atoms with Crippen LogP contribution in [0.4, 0.5) is 0 Å². The van der Waals surface area contributed by atoms with Gasteiger partial charge in [0.1, 0.15) is 11.3 Å². The molecule has 0 saturated carbocycles. The highest BCUT2D eigenvalue weighted by Crippen LogP contribution is 2.38. The molecule has 2 aliphatic heterocycles. The van der Waals surface area contributed by atoms with E-state index < -0.39 is 0 Å². The van der Waals surface area contributed by atoms with Crippen molar-refractivity contribution in [3.63, 3.8) is 0 Å². The summed E-state index contributed by atoms with van der Waals surface area (Å²) in [6, 6.07) is 3.97. The summed E-state index contributed by atoms with van der Waals surface area (Å²) in [5.41, 5.74) is 1.67. The van der Waals surface area contributed by atoms with Gasteiger partial charge >= 0.3 is 5.63 Å². The molecule has 0 amide bonds. The van der Waals surface area contributed by atoms with Crippen molar-refractivity contribution in [3.05, 3.63) is 38.7 Å². The van der Waals surface area contributed by atoms with Crippen LogP contribution in [0.25, 0.3) is 11.0 Å². The van der Waals surface area contributed by atoms with Crippen LogP contribution in [-0.4, -0.2) is 60.8 Å². The number of ether oxygens (including phenoxy) is 1. The van der Waals surface area contributed by atoms with Crippen LogP contribution in [0.1, 0.15) is 69.4 Å². The molecule has 7 heteroatoms. The Balaban J connectivity index is 1.65. The molecule has 2 atom stereocenters. The number of hydrogen-bond acceptors (Lipinski definition) is 6. The van der Waals surface area contributed by atoms with Gasteiger partial charge in [0.15, 0.2) is 0 Å². The summed E-state index contributed by atoms with van der Waals surface area (Å²) >= 11 is 6.52. The van der Waals surface area contributed by atoms with Gasteiger partial charge in [-0.2, -0.15) is 0 Å². The quantitative estimate of drug-likeness (QED) is 0.317. The van der Waals surface area contributed by atoms with Crippen LogP contribution < -0.4 is 5.63 Å². The van der Waals surface area contributed by atoms with Gasteiger partial charge in [-0.25, -0.2) is 4.79 Å². The Hall–Kier alpha value is -1.60. The molecule has 194 valence electrons. The number of methoxy groups -OCH3 is 1. The maximum atomic E-state index is 12.5. The minimum Gasteiger partial charge on any atom is -0.506 e. The van der Waals surface area contributed by atoms with Crippen LogP contribution in [0.2, 0.25) is 5.02 Å². The third-order valence-electron chi connectivity index (χ3n) is 7.87. The standard InChI is InChI=1S/C28H41ClN2O4/c1-3-4-9-20-16-26(32)35-28-22(20)17-24(29)27(33)23(28)19-30(12-8-15-34-2)18-21-10-7-14-31-13-6-5-11-25(21)31/h16-17,21,25,33H,3-15,18-19H2,1-2H3. The number of unbranched alkanes of at least 4 members (excludes halogenated alkanes) is 1. The van der Waals surface area contributed by atoms with E-state index in [9.17, 15) is 9.90 Å². The van der Waals surface area contributed by atoms with Crippen molar-refractivity contribution in [2.24, 2.45) is 5.92 Å². The van der Waals surface area contributed by atoms with Crippen molar-refractivity contribution in [1.82, 2.24) is 9.80 Å². The predicted octanol–water partition coefficient (Wildman–Crippen LogP) is 5.60. The molecule has 0 bridgehead atoms. The van der Waals surface area contributed by atoms with Crippen molar-refractivity contribution >= 4 is 22.6 Å². The molecule has 2 aromatic rings. The summed E-state index contributed by atoms with van der Waals surface area (Å²) in [5, 5.41) is 12.2. The summed E-state index contributed by atoms with van der Waals surface area (Å²) in [4.78, 5) is 17.6. The first-order valence-electron chi connectivity index (χ1n) is 13.4. The highest BCUT2D eigenvalue weighted by Gasteiger charge is 2.34. The van der Waals surface area contributed by atoms with Gasteiger partial charge in [0.05, 0.1) is 10.6 Å². The molecule has 3 heterocycles. The summed E-state index contributed by atoms with van der Waals surface area (Å²) in [7, 11) is 1.73. The lowest BCUT2D eigenvalue weighted by Gasteiger charge is -2.45. The van der Waals surface area contributed by atoms with Gasteiger partial charge < -0.3 is 19.2 Å². The molecular weight excluding hydrogens is 464 g/mol. The molecule has 6 nitrogen and oxygen atoms in total. The van der Waals surface area contributed by atoms with E-state index in [1.54, 1.807) is 19.2 Å². The van der Waals surface area contributed by atoms with Crippen molar-refractivity contribution < 1.29 is 14.3 Å². The van der Waals surface area contributed by atoms with Crippen LogP contribution in [0, 0.1) is 5.92 Å². The number of phenols is 1. The van der Waals surface area contributed by atoms with E-state index in [4.69, 9.17) is 20.8 Å². The van der Waals surface area contributed by atoms with Gasteiger partial charge in [0.2, 0.25) is 0 Å². The smallest absolute Gasteiger partial charge is 0.336 e. The van der Waals surface area contributed by atoms with Crippen LogP contribution >= 0.6 is 11.6 Å². The fraction of sp³-hybridized carbons (Fsp3) is 0.679. The molecule has 0 aliphatic carbocycles. The Morgan fingerprint density at radius 2 is 2.03 bits per heavy atom. The first-order chi connectivity index (χ1) is 17.0. The average molecular weight is 505 g/mol. The number of hydrogen-bond donors (Lipinski definition) is 1. The Morgan fingerprint density at radius 3 is 2.83 bits per heavy atom. The normalized spacial score (nSPS) is 21.0. The van der Waals surface area contributed by atoms with Crippen LogP contribution in [-0.2, 0) is 17.7 Å². The number of rotatable bonds is 11. The Kier molecular flexibility index (Phi) is 9.51. The number of halogens is 1. The maximum absolute atomic E-state index is 12.5. The monoisotopic (exact) mass is 504 g/mol. The van der Waals surface area contributed by atoms with Crippen molar-refractivity contribution in [3.8, 4) is 5.75 Å². The van der Waals surface area contributed by atoms with E-state index in [1.165, 1.54) is 45.2 Å². The predicted molar refractivity (Wildman–Crippen MR) is 141 cm³/mol. The first kappa shape index (κ1) is 26.5. The summed E-state index contributed by atoms with van der Waals surface area (Å²) in [6.07, 6.45) is 10.1. The lowest BCUT2D eigenvalue weighted by Crippen LogP contribution is -2.51. The average Bonchev–Trinajstić information content (AvgIpc) is 2.86. The molecule has 2 aliphatic rings. The molecule has 4 rings (SSSR count). The largest absolute Gasteiger partial charge is 0.506 e. The molecule has 35 heavy (non-hydrogen) atoms. The number of benzene rings is 1. The second-order valence-electron chi connectivity index (χ2n) is 10.3. The second-order valence-corrected chi connectivity index (χ2v) is 10.7. The fourth-order valence-corrected chi connectivity index (χ4v) is 6.34. The molecular formula is C28H41ClN2O4. The highest BCUT2D eigenvalue weighted by atomic mass is 35.5. The summed E-state index contributed by atoms with van der Waals surface area (Å²) < 4.78 is 11.1. The fourth-order valence-electron chi connectivity index (χ4n) is 6.11. The van der Waals surface area contributed by atoms with E-state index in [2.05, 4.69) is 16.7 Å². The summed E-state index contributed by atoms with van der Waals surface area (Å²) in [5.74, 6) is 0.626. The molecule has 0 radical (unpaired) electrons. The molecule has 2 saturated heterocycles. The lowest BCUT2D eigenvalue weighted by molar-refractivity contribution is 0.0372. The van der Waals surface area contributed by atoms with Crippen molar-refractivity contribution in [1.29, 1.82) is 0 Å². The van der Waals surface area contributed by atoms with Gasteiger partial charge in [-0.15, -0.1) is 0 Å². The van der Waals surface area contributed by atoms with E-state index in [-0.39, 0.29) is 11.4 Å². The first-order valence-corrected chi connectivity index (χ1v) is 13.8. The number of nitrogens with zero attached hydrogens (tertiary/aromatic N) is 2. The van der Waals surface area contributed by atoms with E-state index in [1.807, 2.05) is 0 Å². The molecule has 1 N–H and O–H groups in total. The number of phenolic OH excluding ortho intramolecular Hbond substituents is 1. The lowest BCUT2D eigenvalue weighted by atomic mass is 9.83. The zero-order chi connectivity index (χ0) is 24.8. The van der Waals surface area contributed by atoms with Crippen LogP contribution in [0.15, 0.2) is 21.3 Å². The molecule has 2 unspecified atom stereocenters. The third-order valence-corrected chi connectivity index (χ3v) is 8.16. The molecule has 1 aromatic carbocycles. The SMILES string of the molecule is CCCCc1cc(=O)oc2c(CN(CCCOC)CC3CCCN4CCCCC34)c(O)c(Cl)cc12. The third kappa shape index (κ3) is 6.40. The minimum atomic E-state index is -0.373. The Labute approximate surface area is 214 Å². The highest BCUT2D eigenvalue weighted by molar-refractivity contribution is 6.33. The van der Waals surface area contributed by atoms with Gasteiger partial charge in [0.25, 0.3) is 0 Å². The second kappa shape index (κ2) is 12.6. The minimum absolute atomic E-state index is 0.0228. The topological polar surface area (TPSA) is 66.2 Å². The number of piperidine rings is 2. The Morgan fingerprint density at radius 1 is 1.20 bits per heavy atom. The van der Waals surface area contributed by atoms with Gasteiger partial charge in [0, 0.05) is 50.8 Å². The van der Waals surface area contributed by atoms with Gasteiger partial charge in [-0.1, -0.05) is 31.4 Å². The van der Waals surface area contributed by atoms with Gasteiger partial charge in [-0.3, -0.25) is 4.90 Å². The zero-order valence-corrected chi connectivity index (χ0v) is 22.1. The van der Waals surface area contributed by atoms with Crippen LogP contribution in [0.3, 0.4) is 0 Å². The molecule has 0 spiro atoms. The van der Waals surface area contributed by atoms with Crippen molar-refractivity contribution in [2.45, 2.75) is 77.3 Å².